The van der Waals surface area contributed by atoms with Crippen LogP contribution in [0, 0.1) is 0 Å². The molecule has 3 nitrogen and oxygen atoms in total. The Bertz CT molecular complexity index is 565. The van der Waals surface area contributed by atoms with Crippen molar-refractivity contribution >= 4 is 23.1 Å². The van der Waals surface area contributed by atoms with Crippen LogP contribution in [0.2, 0.25) is 5.02 Å². The zero-order valence-corrected chi connectivity index (χ0v) is 13.5. The average Bonchev–Trinajstić information content (AvgIpc) is 2.58. The van der Waals surface area contributed by atoms with E-state index in [1.165, 1.54) is 32.4 Å². The first-order chi connectivity index (χ1) is 10.8. The summed E-state index contributed by atoms with van der Waals surface area (Å²) in [6.07, 6.45) is 5.87. The van der Waals surface area contributed by atoms with Crippen molar-refractivity contribution in [2.45, 2.75) is 19.3 Å². The molecule has 1 aliphatic rings. The number of halogens is 1. The average molecular weight is 316 g/mol. The molecule has 2 heterocycles. The van der Waals surface area contributed by atoms with Crippen LogP contribution in [0.25, 0.3) is 0 Å². The molecule has 0 radical (unpaired) electrons. The molecule has 4 heteroatoms. The summed E-state index contributed by atoms with van der Waals surface area (Å²) in [4.78, 5) is 9.34. The maximum Gasteiger partial charge on any atom is 0.132 e. The second-order valence-electron chi connectivity index (χ2n) is 5.72. The van der Waals surface area contributed by atoms with E-state index >= 15 is 0 Å². The molecule has 0 amide bonds. The molecule has 0 atom stereocenters. The summed E-state index contributed by atoms with van der Waals surface area (Å²) in [6.45, 7) is 4.45. The van der Waals surface area contributed by atoms with Crippen LogP contribution in [-0.4, -0.2) is 36.1 Å². The molecule has 116 valence electrons. The number of benzene rings is 1. The Kier molecular flexibility index (Phi) is 5.30. The summed E-state index contributed by atoms with van der Waals surface area (Å²) in [7, 11) is 0. The molecule has 1 aromatic carbocycles. The van der Waals surface area contributed by atoms with Gasteiger partial charge in [0.05, 0.1) is 0 Å². The van der Waals surface area contributed by atoms with E-state index < -0.39 is 0 Å². The van der Waals surface area contributed by atoms with Crippen molar-refractivity contribution in [1.82, 2.24) is 9.88 Å². The van der Waals surface area contributed by atoms with Gasteiger partial charge in [0.15, 0.2) is 0 Å². The van der Waals surface area contributed by atoms with Crippen LogP contribution in [0.4, 0.5) is 11.5 Å². The largest absolute Gasteiger partial charge is 0.325 e. The van der Waals surface area contributed by atoms with Gasteiger partial charge in [-0.05, 0) is 62.3 Å². The van der Waals surface area contributed by atoms with E-state index in [0.717, 1.165) is 29.6 Å². The van der Waals surface area contributed by atoms with Gasteiger partial charge in [0.2, 0.25) is 0 Å². The molecule has 3 rings (SSSR count). The predicted octanol–water partition coefficient (Wildman–Crippen LogP) is 4.36. The molecule has 1 aromatic heterocycles. The van der Waals surface area contributed by atoms with Crippen molar-refractivity contribution in [1.29, 1.82) is 0 Å². The van der Waals surface area contributed by atoms with Crippen LogP contribution >= 0.6 is 11.6 Å². The summed E-state index contributed by atoms with van der Waals surface area (Å²) in [5.41, 5.74) is 1.14. The number of rotatable bonds is 5. The minimum atomic E-state index is 0.765. The van der Waals surface area contributed by atoms with Crippen molar-refractivity contribution < 1.29 is 0 Å². The van der Waals surface area contributed by atoms with Crippen molar-refractivity contribution in [3.05, 3.63) is 53.7 Å². The normalized spacial score (nSPS) is 15.7. The first kappa shape index (κ1) is 15.3. The molecule has 0 unspecified atom stereocenters. The quantitative estimate of drug-likeness (QED) is 0.817. The predicted molar refractivity (Wildman–Crippen MR) is 93.0 cm³/mol. The number of pyridine rings is 1. The summed E-state index contributed by atoms with van der Waals surface area (Å²) in [6, 6.07) is 14.0. The third-order valence-electron chi connectivity index (χ3n) is 4.15. The first-order valence-electron chi connectivity index (χ1n) is 7.99. The van der Waals surface area contributed by atoms with Gasteiger partial charge in [-0.1, -0.05) is 24.1 Å². The van der Waals surface area contributed by atoms with E-state index in [1.807, 2.05) is 30.5 Å². The van der Waals surface area contributed by atoms with Crippen molar-refractivity contribution in [3.63, 3.8) is 0 Å². The summed E-state index contributed by atoms with van der Waals surface area (Å²) < 4.78 is 0. The van der Waals surface area contributed by atoms with Gasteiger partial charge in [-0.2, -0.15) is 0 Å². The first-order valence-corrected chi connectivity index (χ1v) is 8.37. The fraction of sp³-hybridized carbons (Fsp3) is 0.389. The number of piperidine rings is 1. The maximum absolute atomic E-state index is 6.02. The molecular formula is C18H22ClN3. The summed E-state index contributed by atoms with van der Waals surface area (Å²) >= 11 is 6.02. The second-order valence-corrected chi connectivity index (χ2v) is 6.15. The molecule has 1 aliphatic heterocycles. The molecular weight excluding hydrogens is 294 g/mol. The highest BCUT2D eigenvalue weighted by Gasteiger charge is 2.14. The van der Waals surface area contributed by atoms with Gasteiger partial charge in [-0.3, -0.25) is 0 Å². The van der Waals surface area contributed by atoms with Gasteiger partial charge in [-0.25, -0.2) is 4.98 Å². The van der Waals surface area contributed by atoms with E-state index in [0.29, 0.717) is 0 Å². The Morgan fingerprint density at radius 2 is 1.77 bits per heavy atom. The Hall–Kier alpha value is -1.58. The Balaban J connectivity index is 1.75. The highest BCUT2D eigenvalue weighted by molar-refractivity contribution is 6.30. The lowest BCUT2D eigenvalue weighted by atomic mass is 10.1. The number of nitrogens with zero attached hydrogens (tertiary/aromatic N) is 3. The number of anilines is 2. The van der Waals surface area contributed by atoms with Gasteiger partial charge < -0.3 is 9.80 Å². The van der Waals surface area contributed by atoms with Crippen LogP contribution in [-0.2, 0) is 0 Å². The van der Waals surface area contributed by atoms with Crippen molar-refractivity contribution in [2.75, 3.05) is 31.1 Å². The number of aromatic nitrogens is 1. The summed E-state index contributed by atoms with van der Waals surface area (Å²) in [5.74, 6) is 0.988. The number of hydrogen-bond acceptors (Lipinski definition) is 3. The van der Waals surface area contributed by atoms with Crippen LogP contribution < -0.4 is 4.90 Å². The van der Waals surface area contributed by atoms with Crippen LogP contribution in [0.3, 0.4) is 0 Å². The monoisotopic (exact) mass is 315 g/mol. The van der Waals surface area contributed by atoms with E-state index in [9.17, 15) is 0 Å². The lowest BCUT2D eigenvalue weighted by molar-refractivity contribution is 0.234. The minimum absolute atomic E-state index is 0.765. The zero-order valence-electron chi connectivity index (χ0n) is 12.8. The molecule has 1 saturated heterocycles. The topological polar surface area (TPSA) is 19.4 Å². The van der Waals surface area contributed by atoms with Gasteiger partial charge in [0.1, 0.15) is 5.82 Å². The Labute approximate surface area is 137 Å². The van der Waals surface area contributed by atoms with Gasteiger partial charge in [0, 0.05) is 30.0 Å². The van der Waals surface area contributed by atoms with E-state index in [1.54, 1.807) is 0 Å². The lowest BCUT2D eigenvalue weighted by Gasteiger charge is -2.30. The summed E-state index contributed by atoms with van der Waals surface area (Å²) in [5, 5.41) is 0.765. The second kappa shape index (κ2) is 7.61. The SMILES string of the molecule is Clc1ccc(N(CCN2CCCCC2)c2ccccn2)cc1. The van der Waals surface area contributed by atoms with Crippen LogP contribution in [0.5, 0.6) is 0 Å². The molecule has 0 saturated carbocycles. The molecule has 0 bridgehead atoms. The fourth-order valence-corrected chi connectivity index (χ4v) is 3.06. The molecule has 1 fully saturated rings. The molecule has 0 spiro atoms. The van der Waals surface area contributed by atoms with Gasteiger partial charge >= 0.3 is 0 Å². The lowest BCUT2D eigenvalue weighted by Crippen LogP contribution is -2.36. The maximum atomic E-state index is 6.02. The van der Waals surface area contributed by atoms with E-state index in [2.05, 4.69) is 33.0 Å². The smallest absolute Gasteiger partial charge is 0.132 e. The van der Waals surface area contributed by atoms with Crippen molar-refractivity contribution in [3.8, 4) is 0 Å². The van der Waals surface area contributed by atoms with Crippen molar-refractivity contribution in [2.24, 2.45) is 0 Å². The van der Waals surface area contributed by atoms with E-state index in [4.69, 9.17) is 11.6 Å². The fourth-order valence-electron chi connectivity index (χ4n) is 2.93. The van der Waals surface area contributed by atoms with Crippen LogP contribution in [0.15, 0.2) is 48.7 Å². The molecule has 2 aromatic rings. The van der Waals surface area contributed by atoms with Crippen LogP contribution in [0.1, 0.15) is 19.3 Å². The van der Waals surface area contributed by atoms with Gasteiger partial charge in [0.25, 0.3) is 0 Å². The third kappa shape index (κ3) is 3.99. The molecule has 0 N–H and O–H groups in total. The number of likely N-dealkylation sites (tertiary alicyclic amines) is 1. The Morgan fingerprint density at radius 3 is 2.45 bits per heavy atom. The third-order valence-corrected chi connectivity index (χ3v) is 4.40. The standard InChI is InChI=1S/C18H22ClN3/c19-16-7-9-17(10-8-16)22(18-6-2-3-11-20-18)15-14-21-12-4-1-5-13-21/h2-3,6-11H,1,4-5,12-15H2. The highest BCUT2D eigenvalue weighted by Crippen LogP contribution is 2.25. The van der Waals surface area contributed by atoms with Gasteiger partial charge in [-0.15, -0.1) is 0 Å². The van der Waals surface area contributed by atoms with E-state index in [-0.39, 0.29) is 0 Å². The minimum Gasteiger partial charge on any atom is -0.325 e. The molecule has 0 aliphatic carbocycles. The zero-order chi connectivity index (χ0) is 15.2. The number of hydrogen-bond donors (Lipinski definition) is 0. The molecule has 22 heavy (non-hydrogen) atoms. The Morgan fingerprint density at radius 1 is 1.00 bits per heavy atom. The highest BCUT2D eigenvalue weighted by atomic mass is 35.5.